The normalized spacial score (nSPS) is 10.4. The molecule has 3 aromatic rings. The van der Waals surface area contributed by atoms with Gasteiger partial charge >= 0.3 is 0 Å². The molecule has 0 spiro atoms. The largest absolute Gasteiger partial charge is 0.289 e. The van der Waals surface area contributed by atoms with Gasteiger partial charge in [0.05, 0.1) is 0 Å². The van der Waals surface area contributed by atoms with Crippen molar-refractivity contribution in [3.8, 4) is 0 Å². The molecule has 0 amide bonds. The third-order valence-electron chi connectivity index (χ3n) is 3.05. The van der Waals surface area contributed by atoms with Crippen LogP contribution in [-0.2, 0) is 0 Å². The Morgan fingerprint density at radius 1 is 0.611 bits per heavy atom. The van der Waals surface area contributed by atoms with Gasteiger partial charge in [-0.05, 0) is 16.8 Å². The van der Waals surface area contributed by atoms with Crippen molar-refractivity contribution in [1.82, 2.24) is 0 Å². The second kappa shape index (κ2) is 4.46. The number of hydrogen-bond donors (Lipinski definition) is 0. The number of rotatable bonds is 2. The van der Waals surface area contributed by atoms with Crippen LogP contribution in [-0.4, -0.2) is 5.78 Å². The lowest BCUT2D eigenvalue weighted by Crippen LogP contribution is -2.00. The first-order valence-corrected chi connectivity index (χ1v) is 5.93. The summed E-state index contributed by atoms with van der Waals surface area (Å²) in [5.41, 5.74) is 1.47. The maximum atomic E-state index is 12.3. The molecule has 1 nitrogen and oxygen atoms in total. The van der Waals surface area contributed by atoms with E-state index in [1.165, 1.54) is 0 Å². The van der Waals surface area contributed by atoms with E-state index in [4.69, 9.17) is 0 Å². The fraction of sp³-hybridized carbons (Fsp3) is 0. The van der Waals surface area contributed by atoms with Gasteiger partial charge in [0.25, 0.3) is 0 Å². The highest BCUT2D eigenvalue weighted by Crippen LogP contribution is 2.18. The molecule has 0 saturated heterocycles. The molecular formula is C17H12O. The fourth-order valence-electron chi connectivity index (χ4n) is 2.09. The average molecular weight is 232 g/mol. The zero-order valence-electron chi connectivity index (χ0n) is 9.84. The summed E-state index contributed by atoms with van der Waals surface area (Å²) in [6, 6.07) is 23.3. The lowest BCUT2D eigenvalue weighted by Gasteiger charge is -2.03. The summed E-state index contributed by atoms with van der Waals surface area (Å²) in [6.07, 6.45) is 0. The molecule has 1 heteroatoms. The Morgan fingerprint density at radius 2 is 1.28 bits per heavy atom. The molecule has 3 rings (SSSR count). The zero-order valence-corrected chi connectivity index (χ0v) is 9.84. The second-order valence-corrected chi connectivity index (χ2v) is 4.26. The quantitative estimate of drug-likeness (QED) is 0.609. The number of benzene rings is 3. The van der Waals surface area contributed by atoms with Crippen LogP contribution in [0.5, 0.6) is 0 Å². The first kappa shape index (κ1) is 10.7. The van der Waals surface area contributed by atoms with Crippen LogP contribution in [0.2, 0.25) is 0 Å². The van der Waals surface area contributed by atoms with Gasteiger partial charge in [-0.1, -0.05) is 66.7 Å². The van der Waals surface area contributed by atoms with Crippen molar-refractivity contribution >= 4 is 16.6 Å². The molecule has 0 bridgehead atoms. The van der Waals surface area contributed by atoms with Crippen LogP contribution in [0, 0.1) is 0 Å². The summed E-state index contributed by atoms with van der Waals surface area (Å²) in [6.45, 7) is 0. The van der Waals surface area contributed by atoms with Gasteiger partial charge in [-0.3, -0.25) is 4.79 Å². The Labute approximate surface area is 106 Å². The van der Waals surface area contributed by atoms with Gasteiger partial charge < -0.3 is 0 Å². The minimum absolute atomic E-state index is 0.0707. The maximum absolute atomic E-state index is 12.3. The molecule has 18 heavy (non-hydrogen) atoms. The standard InChI is InChI=1S/C17H12O/c18-17(14-7-2-1-3-8-14)16-11-10-13-6-4-5-9-15(13)12-16/h1-12H. The summed E-state index contributed by atoms with van der Waals surface area (Å²) < 4.78 is 0. The van der Waals surface area contributed by atoms with Crippen LogP contribution in [0.25, 0.3) is 10.8 Å². The van der Waals surface area contributed by atoms with E-state index in [-0.39, 0.29) is 5.78 Å². The van der Waals surface area contributed by atoms with Gasteiger partial charge in [0.1, 0.15) is 0 Å². The predicted molar refractivity (Wildman–Crippen MR) is 73.8 cm³/mol. The van der Waals surface area contributed by atoms with E-state index in [9.17, 15) is 4.79 Å². The molecular weight excluding hydrogens is 220 g/mol. The van der Waals surface area contributed by atoms with Crippen LogP contribution in [0.3, 0.4) is 0 Å². The highest BCUT2D eigenvalue weighted by atomic mass is 16.1. The number of carbonyl (C=O) groups is 1. The van der Waals surface area contributed by atoms with Crippen molar-refractivity contribution in [2.75, 3.05) is 0 Å². The van der Waals surface area contributed by atoms with E-state index >= 15 is 0 Å². The second-order valence-electron chi connectivity index (χ2n) is 4.26. The van der Waals surface area contributed by atoms with Gasteiger partial charge in [-0.15, -0.1) is 0 Å². The predicted octanol–water partition coefficient (Wildman–Crippen LogP) is 4.07. The van der Waals surface area contributed by atoms with E-state index in [2.05, 4.69) is 0 Å². The minimum Gasteiger partial charge on any atom is -0.289 e. The molecule has 0 aliphatic heterocycles. The number of hydrogen-bond acceptors (Lipinski definition) is 1. The summed E-state index contributed by atoms with van der Waals surface area (Å²) in [4.78, 5) is 12.3. The van der Waals surface area contributed by atoms with Gasteiger partial charge in [-0.25, -0.2) is 0 Å². The lowest BCUT2D eigenvalue weighted by molar-refractivity contribution is 0.103. The molecule has 0 fully saturated rings. The Morgan fingerprint density at radius 3 is 2.06 bits per heavy atom. The smallest absolute Gasteiger partial charge is 0.193 e. The average Bonchev–Trinajstić information content (AvgIpc) is 2.47. The first-order chi connectivity index (χ1) is 8.84. The van der Waals surface area contributed by atoms with Crippen LogP contribution in [0.15, 0.2) is 72.8 Å². The van der Waals surface area contributed by atoms with Crippen LogP contribution < -0.4 is 0 Å². The van der Waals surface area contributed by atoms with Crippen molar-refractivity contribution in [2.24, 2.45) is 0 Å². The molecule has 0 unspecified atom stereocenters. The molecule has 0 aliphatic carbocycles. The Balaban J connectivity index is 2.07. The summed E-state index contributed by atoms with van der Waals surface area (Å²) in [5, 5.41) is 2.25. The molecule has 0 atom stereocenters. The highest BCUT2D eigenvalue weighted by Gasteiger charge is 2.08. The number of carbonyl (C=O) groups excluding carboxylic acids is 1. The zero-order chi connectivity index (χ0) is 12.4. The van der Waals surface area contributed by atoms with E-state index in [1.54, 1.807) is 0 Å². The van der Waals surface area contributed by atoms with Crippen molar-refractivity contribution in [2.45, 2.75) is 0 Å². The molecule has 86 valence electrons. The Hall–Kier alpha value is -2.41. The minimum atomic E-state index is 0.0707. The lowest BCUT2D eigenvalue weighted by atomic mass is 10.0. The van der Waals surface area contributed by atoms with Gasteiger partial charge in [0.2, 0.25) is 0 Å². The van der Waals surface area contributed by atoms with Crippen LogP contribution in [0.4, 0.5) is 0 Å². The third-order valence-corrected chi connectivity index (χ3v) is 3.05. The van der Waals surface area contributed by atoms with Crippen LogP contribution in [0.1, 0.15) is 15.9 Å². The molecule has 0 heterocycles. The van der Waals surface area contributed by atoms with Crippen molar-refractivity contribution in [3.63, 3.8) is 0 Å². The molecule has 0 N–H and O–H groups in total. The van der Waals surface area contributed by atoms with E-state index in [1.807, 2.05) is 72.8 Å². The maximum Gasteiger partial charge on any atom is 0.193 e. The first-order valence-electron chi connectivity index (χ1n) is 5.93. The molecule has 0 saturated carbocycles. The summed E-state index contributed by atoms with van der Waals surface area (Å²) in [7, 11) is 0. The fourth-order valence-corrected chi connectivity index (χ4v) is 2.09. The highest BCUT2D eigenvalue weighted by molar-refractivity contribution is 6.10. The van der Waals surface area contributed by atoms with E-state index in [0.29, 0.717) is 0 Å². The van der Waals surface area contributed by atoms with E-state index in [0.717, 1.165) is 21.9 Å². The van der Waals surface area contributed by atoms with Gasteiger partial charge in [-0.2, -0.15) is 0 Å². The number of ketones is 1. The van der Waals surface area contributed by atoms with Crippen LogP contribution >= 0.6 is 0 Å². The molecule has 0 aliphatic rings. The SMILES string of the molecule is O=C(c1ccccc1)c1ccc2ccccc2c1. The van der Waals surface area contributed by atoms with Crippen molar-refractivity contribution in [1.29, 1.82) is 0 Å². The van der Waals surface area contributed by atoms with Gasteiger partial charge in [0.15, 0.2) is 5.78 Å². The topological polar surface area (TPSA) is 17.1 Å². The third kappa shape index (κ3) is 1.91. The van der Waals surface area contributed by atoms with Crippen molar-refractivity contribution in [3.05, 3.63) is 83.9 Å². The summed E-state index contributed by atoms with van der Waals surface area (Å²) >= 11 is 0. The monoisotopic (exact) mass is 232 g/mol. The van der Waals surface area contributed by atoms with E-state index < -0.39 is 0 Å². The van der Waals surface area contributed by atoms with Crippen molar-refractivity contribution < 1.29 is 4.79 Å². The number of fused-ring (bicyclic) bond motifs is 1. The molecule has 0 aromatic heterocycles. The Bertz CT molecular complexity index is 699. The molecule has 0 radical (unpaired) electrons. The molecule has 3 aromatic carbocycles. The Kier molecular flexibility index (Phi) is 2.66. The van der Waals surface area contributed by atoms with Gasteiger partial charge in [0, 0.05) is 11.1 Å². The summed E-state index contributed by atoms with van der Waals surface area (Å²) in [5.74, 6) is 0.0707.